The third-order valence-electron chi connectivity index (χ3n) is 6.83. The highest BCUT2D eigenvalue weighted by molar-refractivity contribution is 7.92. The molecule has 0 aliphatic rings. The van der Waals surface area contributed by atoms with Crippen LogP contribution in [0.5, 0.6) is 0 Å². The molecule has 1 N–H and O–H groups in total. The second-order valence-electron chi connectivity index (χ2n) is 9.46. The molecule has 6 aromatic rings. The maximum atomic E-state index is 13.7. The number of pyridine rings is 2. The molecule has 0 unspecified atom stereocenters. The zero-order valence-corrected chi connectivity index (χ0v) is 23.0. The number of anilines is 1. The van der Waals surface area contributed by atoms with Crippen molar-refractivity contribution in [2.75, 3.05) is 24.7 Å². The van der Waals surface area contributed by atoms with Gasteiger partial charge in [0.2, 0.25) is 15.7 Å². The Balaban J connectivity index is 1.61. The number of furan rings is 2. The molecule has 6 rings (SSSR count). The van der Waals surface area contributed by atoms with Crippen LogP contribution in [0.3, 0.4) is 0 Å². The molecule has 4 heterocycles. The molecule has 2 aromatic carbocycles. The number of amides is 1. The second kappa shape index (κ2) is 9.86. The Morgan fingerprint density at radius 1 is 0.976 bits per heavy atom. The van der Waals surface area contributed by atoms with Crippen molar-refractivity contribution in [3.63, 3.8) is 0 Å². The van der Waals surface area contributed by atoms with Gasteiger partial charge in [0, 0.05) is 71.8 Å². The average molecular weight is 571 g/mol. The lowest BCUT2D eigenvalue weighted by molar-refractivity contribution is 0.0964. The normalized spacial score (nSPS) is 11.7. The first-order chi connectivity index (χ1) is 19.6. The van der Waals surface area contributed by atoms with Crippen LogP contribution >= 0.6 is 0 Å². The first kappa shape index (κ1) is 26.2. The number of benzene rings is 2. The number of aromatic nitrogens is 2. The van der Waals surface area contributed by atoms with Crippen molar-refractivity contribution >= 4 is 43.7 Å². The number of rotatable bonds is 6. The summed E-state index contributed by atoms with van der Waals surface area (Å²) in [6, 6.07) is 16.2. The van der Waals surface area contributed by atoms with Crippen molar-refractivity contribution in [1.82, 2.24) is 15.3 Å². The van der Waals surface area contributed by atoms with Crippen molar-refractivity contribution < 1.29 is 26.4 Å². The average Bonchev–Trinajstić information content (AvgIpc) is 3.57. The van der Waals surface area contributed by atoms with Crippen LogP contribution in [0.4, 0.5) is 10.1 Å². The van der Waals surface area contributed by atoms with Crippen molar-refractivity contribution in [3.05, 3.63) is 90.6 Å². The fourth-order valence-electron chi connectivity index (χ4n) is 4.70. The maximum Gasteiger partial charge on any atom is 0.255 e. The molecule has 4 aromatic heterocycles. The van der Waals surface area contributed by atoms with Gasteiger partial charge in [0.25, 0.3) is 5.91 Å². The van der Waals surface area contributed by atoms with Crippen molar-refractivity contribution in [2.45, 2.75) is 0 Å². The summed E-state index contributed by atoms with van der Waals surface area (Å²) < 4.78 is 52.2. The minimum atomic E-state index is -3.69. The van der Waals surface area contributed by atoms with Gasteiger partial charge in [-0.2, -0.15) is 0 Å². The van der Waals surface area contributed by atoms with Crippen LogP contribution in [0.1, 0.15) is 10.4 Å². The summed E-state index contributed by atoms with van der Waals surface area (Å²) in [5, 5.41) is 3.91. The molecule has 0 aliphatic heterocycles. The summed E-state index contributed by atoms with van der Waals surface area (Å²) in [5.74, 6) is -0.0792. The predicted molar refractivity (Wildman–Crippen MR) is 154 cm³/mol. The van der Waals surface area contributed by atoms with E-state index in [1.165, 1.54) is 38.4 Å². The highest BCUT2D eigenvalue weighted by atomic mass is 32.2. The molecule has 0 bridgehead atoms. The monoisotopic (exact) mass is 570 g/mol. The van der Waals surface area contributed by atoms with Gasteiger partial charge in [0.05, 0.1) is 17.5 Å². The Morgan fingerprint density at radius 2 is 1.73 bits per heavy atom. The minimum absolute atomic E-state index is 0.228. The lowest BCUT2D eigenvalue weighted by Gasteiger charge is -2.20. The largest absolute Gasteiger partial charge is 0.455 e. The number of hydrogen-bond donors (Lipinski definition) is 1. The van der Waals surface area contributed by atoms with Crippen LogP contribution in [-0.4, -0.2) is 44.6 Å². The van der Waals surface area contributed by atoms with E-state index in [1.807, 2.05) is 24.3 Å². The standard InChI is InChI=1S/C30H23FN4O5S/c1-32-29(36)27-23-13-22(19-11-20(16-33-15-19)25-12-18-5-4-10-34-30(18)40-25)24(35(2)41(3,37)38)14-26(23)39-28(27)17-6-8-21(31)9-7-17/h4-16H,1-3H3,(H,32,36). The number of halogens is 1. The highest BCUT2D eigenvalue weighted by Crippen LogP contribution is 2.42. The third kappa shape index (κ3) is 4.70. The first-order valence-electron chi connectivity index (χ1n) is 12.5. The number of fused-ring (bicyclic) bond motifs is 2. The third-order valence-corrected chi connectivity index (χ3v) is 8.02. The fourth-order valence-corrected chi connectivity index (χ4v) is 5.20. The number of carbonyl (C=O) groups is 1. The van der Waals surface area contributed by atoms with E-state index in [2.05, 4.69) is 15.3 Å². The highest BCUT2D eigenvalue weighted by Gasteiger charge is 2.26. The quantitative estimate of drug-likeness (QED) is 0.266. The SMILES string of the molecule is CNC(=O)c1c(-c2ccc(F)cc2)oc2cc(N(C)S(C)(=O)=O)c(-c3cncc(-c4cc5cccnc5o4)c3)cc12. The fraction of sp³-hybridized carbons (Fsp3) is 0.100. The van der Waals surface area contributed by atoms with E-state index in [0.29, 0.717) is 44.8 Å². The predicted octanol–water partition coefficient (Wildman–Crippen LogP) is 5.86. The van der Waals surface area contributed by atoms with Gasteiger partial charge in [-0.05, 0) is 54.6 Å². The summed E-state index contributed by atoms with van der Waals surface area (Å²) in [6.07, 6.45) is 5.98. The molecule has 0 fully saturated rings. The lowest BCUT2D eigenvalue weighted by atomic mass is 9.98. The van der Waals surface area contributed by atoms with E-state index in [9.17, 15) is 17.6 Å². The van der Waals surface area contributed by atoms with E-state index in [0.717, 1.165) is 15.9 Å². The van der Waals surface area contributed by atoms with Crippen LogP contribution in [-0.2, 0) is 10.0 Å². The number of nitrogens with one attached hydrogen (secondary N) is 1. The van der Waals surface area contributed by atoms with E-state index in [4.69, 9.17) is 8.83 Å². The zero-order valence-electron chi connectivity index (χ0n) is 22.2. The summed E-state index contributed by atoms with van der Waals surface area (Å²) in [7, 11) is -0.758. The number of sulfonamides is 1. The molecule has 1 amide bonds. The lowest BCUT2D eigenvalue weighted by Crippen LogP contribution is -2.25. The van der Waals surface area contributed by atoms with Gasteiger partial charge in [0.1, 0.15) is 22.9 Å². The smallest absolute Gasteiger partial charge is 0.255 e. The molecule has 0 saturated heterocycles. The van der Waals surface area contributed by atoms with Crippen molar-refractivity contribution in [1.29, 1.82) is 0 Å². The Morgan fingerprint density at radius 3 is 2.44 bits per heavy atom. The molecule has 206 valence electrons. The number of nitrogens with zero attached hydrogens (tertiary/aromatic N) is 3. The Kier molecular flexibility index (Phi) is 6.30. The van der Waals surface area contributed by atoms with Gasteiger partial charge in [0.15, 0.2) is 0 Å². The summed E-state index contributed by atoms with van der Waals surface area (Å²) in [6.45, 7) is 0. The molecule has 0 aliphatic carbocycles. The zero-order chi connectivity index (χ0) is 28.9. The van der Waals surface area contributed by atoms with Crippen molar-refractivity contribution in [2.24, 2.45) is 0 Å². The summed E-state index contributed by atoms with van der Waals surface area (Å²) in [4.78, 5) is 21.8. The molecule has 11 heteroatoms. The molecule has 0 atom stereocenters. The van der Waals surface area contributed by atoms with Crippen LogP contribution < -0.4 is 9.62 Å². The molecule has 9 nitrogen and oxygen atoms in total. The Labute approximate surface area is 234 Å². The van der Waals surface area contributed by atoms with E-state index in [-0.39, 0.29) is 16.9 Å². The van der Waals surface area contributed by atoms with Gasteiger partial charge in [-0.1, -0.05) is 0 Å². The topological polar surface area (TPSA) is 119 Å². The minimum Gasteiger partial charge on any atom is -0.455 e. The number of carbonyl (C=O) groups excluding carboxylic acids is 1. The summed E-state index contributed by atoms with van der Waals surface area (Å²) >= 11 is 0. The van der Waals surface area contributed by atoms with Crippen LogP contribution in [0.2, 0.25) is 0 Å². The van der Waals surface area contributed by atoms with Gasteiger partial charge in [-0.15, -0.1) is 0 Å². The molecular weight excluding hydrogens is 547 g/mol. The van der Waals surface area contributed by atoms with Gasteiger partial charge >= 0.3 is 0 Å². The van der Waals surface area contributed by atoms with Crippen LogP contribution in [0.25, 0.3) is 55.8 Å². The molecule has 0 saturated carbocycles. The second-order valence-corrected chi connectivity index (χ2v) is 11.5. The van der Waals surface area contributed by atoms with E-state index in [1.54, 1.807) is 30.7 Å². The summed E-state index contributed by atoms with van der Waals surface area (Å²) in [5.41, 5.74) is 3.52. The van der Waals surface area contributed by atoms with Crippen LogP contribution in [0.15, 0.2) is 88.1 Å². The van der Waals surface area contributed by atoms with Crippen LogP contribution in [0, 0.1) is 5.82 Å². The van der Waals surface area contributed by atoms with Gasteiger partial charge < -0.3 is 14.2 Å². The van der Waals surface area contributed by atoms with E-state index >= 15 is 0 Å². The molecule has 0 spiro atoms. The first-order valence-corrected chi connectivity index (χ1v) is 14.3. The number of hydrogen-bond acceptors (Lipinski definition) is 7. The Bertz CT molecular complexity index is 2030. The van der Waals surface area contributed by atoms with Gasteiger partial charge in [-0.3, -0.25) is 14.1 Å². The van der Waals surface area contributed by atoms with Gasteiger partial charge in [-0.25, -0.2) is 17.8 Å². The maximum absolute atomic E-state index is 13.7. The molecule has 0 radical (unpaired) electrons. The molecule has 41 heavy (non-hydrogen) atoms. The molecular formula is C30H23FN4O5S. The van der Waals surface area contributed by atoms with E-state index < -0.39 is 21.7 Å². The Hall–Kier alpha value is -5.03. The van der Waals surface area contributed by atoms with Crippen molar-refractivity contribution in [3.8, 4) is 33.8 Å².